The topological polar surface area (TPSA) is 0 Å². The highest BCUT2D eigenvalue weighted by Gasteiger charge is 2.09. The number of allylic oxidation sites excluding steroid dienone is 1. The molecular formula is C8H15I. The smallest absolute Gasteiger partial charge is 0.0244 e. The Balaban J connectivity index is 3.75. The SMILES string of the molecule is CC(=CI)CC(C)(C)C. The van der Waals surface area contributed by atoms with Gasteiger partial charge in [-0.05, 0) is 22.8 Å². The highest BCUT2D eigenvalue weighted by Crippen LogP contribution is 2.23. The zero-order chi connectivity index (χ0) is 7.49. The van der Waals surface area contributed by atoms with Crippen molar-refractivity contribution in [2.24, 2.45) is 5.41 Å². The van der Waals surface area contributed by atoms with Gasteiger partial charge in [0.2, 0.25) is 0 Å². The molecule has 0 saturated heterocycles. The Labute approximate surface area is 71.9 Å². The van der Waals surface area contributed by atoms with E-state index in [4.69, 9.17) is 0 Å². The third kappa shape index (κ3) is 6.35. The molecule has 0 fully saturated rings. The van der Waals surface area contributed by atoms with Gasteiger partial charge >= 0.3 is 0 Å². The lowest BCUT2D eigenvalue weighted by Crippen LogP contribution is -2.04. The molecule has 0 saturated carbocycles. The Bertz CT molecular complexity index is 106. The summed E-state index contributed by atoms with van der Waals surface area (Å²) < 4.78 is 2.16. The highest BCUT2D eigenvalue weighted by atomic mass is 127. The van der Waals surface area contributed by atoms with E-state index in [1.54, 1.807) is 0 Å². The summed E-state index contributed by atoms with van der Waals surface area (Å²) in [6.07, 6.45) is 1.20. The molecule has 0 aromatic carbocycles. The molecule has 0 aliphatic heterocycles. The summed E-state index contributed by atoms with van der Waals surface area (Å²) in [6, 6.07) is 0. The number of hydrogen-bond acceptors (Lipinski definition) is 0. The molecule has 9 heavy (non-hydrogen) atoms. The average Bonchev–Trinajstić information content (AvgIpc) is 1.62. The molecule has 0 aliphatic carbocycles. The molecule has 0 aromatic rings. The van der Waals surface area contributed by atoms with Gasteiger partial charge in [-0.2, -0.15) is 0 Å². The van der Waals surface area contributed by atoms with Gasteiger partial charge in [-0.1, -0.05) is 48.9 Å². The van der Waals surface area contributed by atoms with Crippen molar-refractivity contribution in [3.05, 3.63) is 9.66 Å². The standard InChI is InChI=1S/C8H15I/c1-7(6-9)5-8(2,3)4/h6H,5H2,1-4H3. The van der Waals surface area contributed by atoms with Gasteiger partial charge in [-0.15, -0.1) is 0 Å². The van der Waals surface area contributed by atoms with E-state index in [0.29, 0.717) is 5.41 Å². The summed E-state index contributed by atoms with van der Waals surface area (Å²) in [5, 5.41) is 0. The van der Waals surface area contributed by atoms with Gasteiger partial charge < -0.3 is 0 Å². The van der Waals surface area contributed by atoms with Crippen LogP contribution in [0.3, 0.4) is 0 Å². The van der Waals surface area contributed by atoms with Crippen molar-refractivity contribution < 1.29 is 0 Å². The second-order valence-corrected chi connectivity index (χ2v) is 4.32. The lowest BCUT2D eigenvalue weighted by molar-refractivity contribution is 0.410. The van der Waals surface area contributed by atoms with Gasteiger partial charge in [0.1, 0.15) is 0 Å². The predicted molar refractivity (Wildman–Crippen MR) is 51.8 cm³/mol. The molecule has 1 heteroatoms. The summed E-state index contributed by atoms with van der Waals surface area (Å²) in [7, 11) is 0. The van der Waals surface area contributed by atoms with E-state index in [1.807, 2.05) is 0 Å². The Kier molecular flexibility index (Phi) is 3.78. The van der Waals surface area contributed by atoms with Crippen LogP contribution in [0.15, 0.2) is 9.66 Å². The van der Waals surface area contributed by atoms with Crippen LogP contribution in [0.1, 0.15) is 34.1 Å². The molecule has 0 radical (unpaired) electrons. The molecule has 54 valence electrons. The first-order chi connectivity index (χ1) is 3.95. The van der Waals surface area contributed by atoms with Crippen molar-refractivity contribution in [2.45, 2.75) is 34.1 Å². The quantitative estimate of drug-likeness (QED) is 0.610. The largest absolute Gasteiger partial charge is 0.0667 e. The van der Waals surface area contributed by atoms with Gasteiger partial charge in [0, 0.05) is 0 Å². The van der Waals surface area contributed by atoms with E-state index >= 15 is 0 Å². The maximum atomic E-state index is 2.29. The number of halogens is 1. The van der Waals surface area contributed by atoms with Crippen LogP contribution in [-0.4, -0.2) is 0 Å². The van der Waals surface area contributed by atoms with Crippen LogP contribution in [0, 0.1) is 5.41 Å². The van der Waals surface area contributed by atoms with E-state index < -0.39 is 0 Å². The second kappa shape index (κ2) is 3.59. The van der Waals surface area contributed by atoms with Crippen molar-refractivity contribution in [2.75, 3.05) is 0 Å². The van der Waals surface area contributed by atoms with Crippen LogP contribution in [0.25, 0.3) is 0 Å². The van der Waals surface area contributed by atoms with E-state index in [2.05, 4.69) is 54.4 Å². The summed E-state index contributed by atoms with van der Waals surface area (Å²) in [6.45, 7) is 8.96. The van der Waals surface area contributed by atoms with E-state index in [9.17, 15) is 0 Å². The zero-order valence-electron chi connectivity index (χ0n) is 6.66. The summed E-state index contributed by atoms with van der Waals surface area (Å²) in [4.78, 5) is 0. The zero-order valence-corrected chi connectivity index (χ0v) is 8.82. The maximum absolute atomic E-state index is 2.29. The maximum Gasteiger partial charge on any atom is -0.0244 e. The molecule has 0 amide bonds. The molecule has 0 atom stereocenters. The van der Waals surface area contributed by atoms with Gasteiger partial charge in [-0.3, -0.25) is 0 Å². The van der Waals surface area contributed by atoms with Crippen LogP contribution in [0.2, 0.25) is 0 Å². The van der Waals surface area contributed by atoms with Crippen LogP contribution in [0.4, 0.5) is 0 Å². The Morgan fingerprint density at radius 2 is 1.89 bits per heavy atom. The van der Waals surface area contributed by atoms with Gasteiger partial charge in [0.25, 0.3) is 0 Å². The molecular weight excluding hydrogens is 223 g/mol. The molecule has 0 bridgehead atoms. The Hall–Kier alpha value is 0.470. The summed E-state index contributed by atoms with van der Waals surface area (Å²) in [5.74, 6) is 0. The van der Waals surface area contributed by atoms with Gasteiger partial charge in [0.05, 0.1) is 0 Å². The summed E-state index contributed by atoms with van der Waals surface area (Å²) in [5.41, 5.74) is 1.93. The van der Waals surface area contributed by atoms with Crippen molar-refractivity contribution >= 4 is 22.6 Å². The lowest BCUT2D eigenvalue weighted by Gasteiger charge is -2.17. The third-order valence-electron chi connectivity index (χ3n) is 0.995. The lowest BCUT2D eigenvalue weighted by atomic mass is 9.89. The van der Waals surface area contributed by atoms with Gasteiger partial charge in [0.15, 0.2) is 0 Å². The number of hydrogen-bond donors (Lipinski definition) is 0. The van der Waals surface area contributed by atoms with Crippen LogP contribution in [-0.2, 0) is 0 Å². The first kappa shape index (κ1) is 9.47. The normalized spacial score (nSPS) is 14.1. The summed E-state index contributed by atoms with van der Waals surface area (Å²) >= 11 is 2.29. The molecule has 0 unspecified atom stereocenters. The first-order valence-corrected chi connectivity index (χ1v) is 4.46. The average molecular weight is 238 g/mol. The van der Waals surface area contributed by atoms with Crippen molar-refractivity contribution in [1.82, 2.24) is 0 Å². The Morgan fingerprint density at radius 3 is 2.00 bits per heavy atom. The van der Waals surface area contributed by atoms with Crippen molar-refractivity contribution in [3.8, 4) is 0 Å². The molecule has 0 nitrogen and oxygen atoms in total. The van der Waals surface area contributed by atoms with Gasteiger partial charge in [-0.25, -0.2) is 0 Å². The van der Waals surface area contributed by atoms with Crippen LogP contribution in [0.5, 0.6) is 0 Å². The minimum absolute atomic E-state index is 0.450. The molecule has 0 rings (SSSR count). The van der Waals surface area contributed by atoms with Crippen molar-refractivity contribution in [3.63, 3.8) is 0 Å². The molecule has 0 spiro atoms. The fourth-order valence-corrected chi connectivity index (χ4v) is 1.10. The first-order valence-electron chi connectivity index (χ1n) is 3.21. The Morgan fingerprint density at radius 1 is 1.44 bits per heavy atom. The van der Waals surface area contributed by atoms with E-state index in [-0.39, 0.29) is 0 Å². The molecule has 0 N–H and O–H groups in total. The van der Waals surface area contributed by atoms with E-state index in [0.717, 1.165) is 0 Å². The predicted octanol–water partition coefficient (Wildman–Crippen LogP) is 3.76. The molecule has 0 aromatic heterocycles. The number of rotatable bonds is 1. The fraction of sp³-hybridized carbons (Fsp3) is 0.750. The van der Waals surface area contributed by atoms with Crippen LogP contribution < -0.4 is 0 Å². The second-order valence-electron chi connectivity index (χ2n) is 3.69. The monoisotopic (exact) mass is 238 g/mol. The van der Waals surface area contributed by atoms with E-state index in [1.165, 1.54) is 12.0 Å². The van der Waals surface area contributed by atoms with Crippen LogP contribution >= 0.6 is 22.6 Å². The molecule has 0 heterocycles. The fourth-order valence-electron chi connectivity index (χ4n) is 0.875. The minimum Gasteiger partial charge on any atom is -0.0667 e. The van der Waals surface area contributed by atoms with Crippen molar-refractivity contribution in [1.29, 1.82) is 0 Å². The highest BCUT2D eigenvalue weighted by molar-refractivity contribution is 14.1. The minimum atomic E-state index is 0.450. The molecule has 0 aliphatic rings. The third-order valence-corrected chi connectivity index (χ3v) is 2.06.